The number of nitrogens with zero attached hydrogens (tertiary/aromatic N) is 2. The number of rotatable bonds is 8. The Morgan fingerprint density at radius 2 is 2.12 bits per heavy atom. The van der Waals surface area contributed by atoms with E-state index in [0.717, 1.165) is 6.42 Å². The van der Waals surface area contributed by atoms with Crippen LogP contribution in [0.3, 0.4) is 0 Å². The molecule has 1 amide bonds. The first-order valence-corrected chi connectivity index (χ1v) is 8.44. The van der Waals surface area contributed by atoms with Gasteiger partial charge in [0.15, 0.2) is 11.4 Å². The van der Waals surface area contributed by atoms with E-state index in [4.69, 9.17) is 9.47 Å². The lowest BCUT2D eigenvalue weighted by molar-refractivity contribution is 0.0234. The van der Waals surface area contributed by atoms with E-state index in [0.29, 0.717) is 13.2 Å². The molecule has 8 heteroatoms. The topological polar surface area (TPSA) is 98.1 Å². The van der Waals surface area contributed by atoms with Crippen molar-refractivity contribution in [1.82, 2.24) is 9.47 Å². The van der Waals surface area contributed by atoms with Gasteiger partial charge in [0.05, 0.1) is 25.8 Å². The van der Waals surface area contributed by atoms with Gasteiger partial charge in [-0.15, -0.1) is 6.58 Å². The first-order chi connectivity index (χ1) is 12.4. The summed E-state index contributed by atoms with van der Waals surface area (Å²) in [6.45, 7) is 8.65. The summed E-state index contributed by atoms with van der Waals surface area (Å²) in [5.74, 6) is -2.04. The number of hydrogen-bond acceptors (Lipinski definition) is 5. The number of amides is 1. The Labute approximate surface area is 151 Å². The second-order valence-corrected chi connectivity index (χ2v) is 6.10. The number of hydrogen-bond donors (Lipinski definition) is 1. The Hall–Kier alpha value is -2.61. The zero-order chi connectivity index (χ0) is 19.4. The molecule has 0 saturated heterocycles. The van der Waals surface area contributed by atoms with Crippen molar-refractivity contribution in [2.75, 3.05) is 26.9 Å². The predicted octanol–water partition coefficient (Wildman–Crippen LogP) is 1.55. The number of carboxylic acid groups (broad SMARTS) is 1. The number of aromatic nitrogens is 1. The average Bonchev–Trinajstić information content (AvgIpc) is 2.61. The van der Waals surface area contributed by atoms with Gasteiger partial charge in [0, 0.05) is 19.3 Å². The SMILES string of the molecule is C=CCN1C(=O)c2c(OC)c(=O)c(C(=O)O)cn2C(C)C1COCCC. The molecule has 1 N–H and O–H groups in total. The third-order valence-corrected chi connectivity index (χ3v) is 4.45. The molecule has 0 aliphatic carbocycles. The third kappa shape index (κ3) is 3.37. The highest BCUT2D eigenvalue weighted by molar-refractivity contribution is 5.98. The monoisotopic (exact) mass is 364 g/mol. The zero-order valence-corrected chi connectivity index (χ0v) is 15.2. The van der Waals surface area contributed by atoms with Crippen LogP contribution in [-0.2, 0) is 4.74 Å². The number of carboxylic acids is 1. The predicted molar refractivity (Wildman–Crippen MR) is 95.1 cm³/mol. The first kappa shape index (κ1) is 19.7. The van der Waals surface area contributed by atoms with Crippen LogP contribution in [0.4, 0.5) is 0 Å². The average molecular weight is 364 g/mol. The number of ether oxygens (including phenoxy) is 2. The highest BCUT2D eigenvalue weighted by Crippen LogP contribution is 2.31. The molecule has 142 valence electrons. The van der Waals surface area contributed by atoms with Crippen molar-refractivity contribution in [2.24, 2.45) is 0 Å². The fourth-order valence-electron chi connectivity index (χ4n) is 3.15. The summed E-state index contributed by atoms with van der Waals surface area (Å²) >= 11 is 0. The Bertz CT molecular complexity index is 770. The van der Waals surface area contributed by atoms with Crippen LogP contribution in [0.1, 0.15) is 47.2 Å². The summed E-state index contributed by atoms with van der Waals surface area (Å²) in [5, 5.41) is 9.31. The fraction of sp³-hybridized carbons (Fsp3) is 0.500. The number of carbonyl (C=O) groups excluding carboxylic acids is 1. The van der Waals surface area contributed by atoms with Crippen LogP contribution in [0.2, 0.25) is 0 Å². The molecule has 1 aromatic heterocycles. The standard InChI is InChI=1S/C18H24N2O6/c1-5-7-19-13(10-26-8-6-2)11(3)20-9-12(18(23)24)15(21)16(25-4)14(20)17(19)22/h5,9,11,13H,1,6-8,10H2,2-4H3,(H,23,24). The molecule has 1 aliphatic rings. The highest BCUT2D eigenvalue weighted by Gasteiger charge is 2.40. The van der Waals surface area contributed by atoms with Gasteiger partial charge in [0.25, 0.3) is 5.91 Å². The molecule has 0 aromatic carbocycles. The Morgan fingerprint density at radius 1 is 1.42 bits per heavy atom. The van der Waals surface area contributed by atoms with Crippen LogP contribution in [-0.4, -0.2) is 59.4 Å². The van der Waals surface area contributed by atoms with E-state index >= 15 is 0 Å². The second kappa shape index (κ2) is 8.18. The summed E-state index contributed by atoms with van der Waals surface area (Å²) in [7, 11) is 1.25. The van der Waals surface area contributed by atoms with Gasteiger partial charge in [-0.25, -0.2) is 4.79 Å². The number of methoxy groups -OCH3 is 1. The van der Waals surface area contributed by atoms with Crippen molar-refractivity contribution >= 4 is 11.9 Å². The minimum Gasteiger partial charge on any atom is -0.491 e. The summed E-state index contributed by atoms with van der Waals surface area (Å²) < 4.78 is 12.3. The van der Waals surface area contributed by atoms with Gasteiger partial charge in [0.1, 0.15) is 5.56 Å². The number of pyridine rings is 1. The minimum atomic E-state index is -1.37. The lowest BCUT2D eigenvalue weighted by Crippen LogP contribution is -2.53. The molecule has 0 radical (unpaired) electrons. The van der Waals surface area contributed by atoms with Gasteiger partial charge in [-0.1, -0.05) is 13.0 Å². The van der Waals surface area contributed by atoms with E-state index < -0.39 is 22.9 Å². The lowest BCUT2D eigenvalue weighted by atomic mass is 10.0. The van der Waals surface area contributed by atoms with Crippen molar-refractivity contribution < 1.29 is 24.2 Å². The number of aromatic carboxylic acids is 1. The molecule has 2 unspecified atom stereocenters. The quantitative estimate of drug-likeness (QED) is 0.555. The Morgan fingerprint density at radius 3 is 2.65 bits per heavy atom. The van der Waals surface area contributed by atoms with Crippen molar-refractivity contribution in [3.63, 3.8) is 0 Å². The molecule has 26 heavy (non-hydrogen) atoms. The van der Waals surface area contributed by atoms with Crippen LogP contribution in [0.15, 0.2) is 23.6 Å². The maximum absolute atomic E-state index is 13.0. The van der Waals surface area contributed by atoms with E-state index in [2.05, 4.69) is 6.58 Å². The van der Waals surface area contributed by atoms with Gasteiger partial charge in [0.2, 0.25) is 5.43 Å². The van der Waals surface area contributed by atoms with Crippen molar-refractivity contribution in [3.05, 3.63) is 40.3 Å². The highest BCUT2D eigenvalue weighted by atomic mass is 16.5. The van der Waals surface area contributed by atoms with E-state index in [9.17, 15) is 19.5 Å². The maximum Gasteiger partial charge on any atom is 0.341 e. The number of fused-ring (bicyclic) bond motifs is 1. The molecule has 0 saturated carbocycles. The normalized spacial score (nSPS) is 19.2. The van der Waals surface area contributed by atoms with Crippen molar-refractivity contribution in [3.8, 4) is 5.75 Å². The van der Waals surface area contributed by atoms with Crippen LogP contribution in [0.25, 0.3) is 0 Å². The molecule has 0 spiro atoms. The van der Waals surface area contributed by atoms with Crippen LogP contribution < -0.4 is 10.2 Å². The summed E-state index contributed by atoms with van der Waals surface area (Å²) in [4.78, 5) is 38.4. The molecule has 1 aromatic rings. The summed E-state index contributed by atoms with van der Waals surface area (Å²) in [6.07, 6.45) is 3.66. The van der Waals surface area contributed by atoms with Crippen molar-refractivity contribution in [2.45, 2.75) is 32.4 Å². The van der Waals surface area contributed by atoms with Crippen molar-refractivity contribution in [1.29, 1.82) is 0 Å². The van der Waals surface area contributed by atoms with Gasteiger partial charge in [-0.3, -0.25) is 9.59 Å². The smallest absolute Gasteiger partial charge is 0.341 e. The second-order valence-electron chi connectivity index (χ2n) is 6.10. The lowest BCUT2D eigenvalue weighted by Gasteiger charge is -2.41. The van der Waals surface area contributed by atoms with Gasteiger partial charge in [-0.2, -0.15) is 0 Å². The van der Waals surface area contributed by atoms with E-state index in [1.165, 1.54) is 17.9 Å². The molecule has 0 bridgehead atoms. The van der Waals surface area contributed by atoms with E-state index in [1.54, 1.807) is 11.0 Å². The molecular weight excluding hydrogens is 340 g/mol. The number of carbonyl (C=O) groups is 2. The van der Waals surface area contributed by atoms with Gasteiger partial charge >= 0.3 is 5.97 Å². The van der Waals surface area contributed by atoms with E-state index in [1.807, 2.05) is 13.8 Å². The van der Waals surface area contributed by atoms with Crippen LogP contribution >= 0.6 is 0 Å². The Kier molecular flexibility index (Phi) is 6.20. The third-order valence-electron chi connectivity index (χ3n) is 4.45. The molecular formula is C18H24N2O6. The molecule has 2 atom stereocenters. The van der Waals surface area contributed by atoms with E-state index in [-0.39, 0.29) is 30.1 Å². The minimum absolute atomic E-state index is 0.0450. The first-order valence-electron chi connectivity index (χ1n) is 8.44. The molecule has 2 rings (SSSR count). The Balaban J connectivity index is 2.63. The molecule has 8 nitrogen and oxygen atoms in total. The molecule has 0 fully saturated rings. The molecule has 1 aliphatic heterocycles. The fourth-order valence-corrected chi connectivity index (χ4v) is 3.15. The van der Waals surface area contributed by atoms with Crippen LogP contribution in [0, 0.1) is 0 Å². The van der Waals surface area contributed by atoms with Gasteiger partial charge in [-0.05, 0) is 13.3 Å². The summed E-state index contributed by atoms with van der Waals surface area (Å²) in [5.41, 5.74) is -1.20. The van der Waals surface area contributed by atoms with Gasteiger partial charge < -0.3 is 24.0 Å². The molecule has 2 heterocycles. The zero-order valence-electron chi connectivity index (χ0n) is 15.2. The maximum atomic E-state index is 13.0. The summed E-state index contributed by atoms with van der Waals surface area (Å²) in [6, 6.07) is -0.638. The largest absolute Gasteiger partial charge is 0.491 e. The van der Waals surface area contributed by atoms with Crippen LogP contribution in [0.5, 0.6) is 5.75 Å².